The molecule has 0 aromatic heterocycles. The Hall–Kier alpha value is -2.21. The molecule has 1 N–H and O–H groups in total. The molecule has 0 bridgehead atoms. The van der Waals surface area contributed by atoms with Crippen molar-refractivity contribution in [2.45, 2.75) is 32.7 Å². The number of fused-ring (bicyclic) bond motifs is 1. The van der Waals surface area contributed by atoms with Crippen LogP contribution in [0.1, 0.15) is 32.3 Å². The average molecular weight is 426 g/mol. The molecule has 0 aliphatic rings. The summed E-state index contributed by atoms with van der Waals surface area (Å²) in [5.41, 5.74) is 0.770. The molecular weight excluding hydrogens is 405 g/mol. The van der Waals surface area contributed by atoms with Crippen LogP contribution in [0.3, 0.4) is 0 Å². The molecule has 0 amide bonds. The van der Waals surface area contributed by atoms with E-state index in [-0.39, 0.29) is 22.7 Å². The van der Waals surface area contributed by atoms with Gasteiger partial charge in [-0.2, -0.15) is 0 Å². The summed E-state index contributed by atoms with van der Waals surface area (Å²) in [6, 6.07) is 7.41. The van der Waals surface area contributed by atoms with E-state index in [0.717, 1.165) is 10.9 Å². The molecule has 2 unspecified atom stereocenters. The number of benzene rings is 2. The van der Waals surface area contributed by atoms with Crippen molar-refractivity contribution >= 4 is 42.5 Å². The van der Waals surface area contributed by atoms with E-state index in [1.165, 1.54) is 13.2 Å². The summed E-state index contributed by atoms with van der Waals surface area (Å²) >= 11 is 6.37. The molecule has 0 fully saturated rings. The largest absolute Gasteiger partial charge is 0.575 e. The summed E-state index contributed by atoms with van der Waals surface area (Å²) in [6.07, 6.45) is 0. The Morgan fingerprint density at radius 1 is 1.21 bits per heavy atom. The summed E-state index contributed by atoms with van der Waals surface area (Å²) in [6.45, 7) is 5.08. The lowest BCUT2D eigenvalue weighted by Crippen LogP contribution is -2.24. The SMILES string of the molecule is COC(=O)[C@@H](C)c1ccc2c(Cl)c(O/[P+]([O-])=N/C(C(=O)O)C(C)C)ccc2c1. The van der Waals surface area contributed by atoms with Crippen molar-refractivity contribution in [3.8, 4) is 5.75 Å². The van der Waals surface area contributed by atoms with Gasteiger partial charge in [0.2, 0.25) is 5.75 Å². The highest BCUT2D eigenvalue weighted by Gasteiger charge is 2.25. The topological polar surface area (TPSA) is 108 Å². The molecule has 2 aromatic carbocycles. The van der Waals surface area contributed by atoms with Gasteiger partial charge in [-0.05, 0) is 29.9 Å². The minimum atomic E-state index is -2.61. The summed E-state index contributed by atoms with van der Waals surface area (Å²) < 4.78 is 13.8. The first-order chi connectivity index (χ1) is 13.1. The number of carbonyl (C=O) groups is 2. The maximum absolute atomic E-state index is 12.2. The number of ether oxygens (including phenoxy) is 1. The molecule has 7 nitrogen and oxygen atoms in total. The predicted molar refractivity (Wildman–Crippen MR) is 106 cm³/mol. The number of carboxylic acid groups (broad SMARTS) is 1. The van der Waals surface area contributed by atoms with E-state index in [2.05, 4.69) is 4.74 Å². The van der Waals surface area contributed by atoms with Gasteiger partial charge in [0, 0.05) is 5.39 Å². The first-order valence-corrected chi connectivity index (χ1v) is 10.0. The van der Waals surface area contributed by atoms with E-state index < -0.39 is 26.1 Å². The number of nitrogens with zero attached hydrogens (tertiary/aromatic N) is 1. The number of carbonyl (C=O) groups excluding carboxylic acids is 1. The van der Waals surface area contributed by atoms with Crippen LogP contribution in [0.2, 0.25) is 5.02 Å². The Kier molecular flexibility index (Phi) is 7.35. The van der Waals surface area contributed by atoms with Gasteiger partial charge in [-0.1, -0.05) is 54.5 Å². The zero-order chi connectivity index (χ0) is 21.0. The monoisotopic (exact) mass is 425 g/mol. The third-order valence-corrected chi connectivity index (χ3v) is 5.46. The highest BCUT2D eigenvalue weighted by Crippen LogP contribution is 2.38. The third kappa shape index (κ3) is 4.98. The van der Waals surface area contributed by atoms with Crippen molar-refractivity contribution in [2.75, 3.05) is 7.11 Å². The van der Waals surface area contributed by atoms with Crippen LogP contribution in [0, 0.1) is 5.92 Å². The van der Waals surface area contributed by atoms with Crippen molar-refractivity contribution in [3.63, 3.8) is 0 Å². The number of hydrogen-bond acceptors (Lipinski definition) is 6. The van der Waals surface area contributed by atoms with Gasteiger partial charge in [-0.25, -0.2) is 4.79 Å². The highest BCUT2D eigenvalue weighted by molar-refractivity contribution is 7.34. The summed E-state index contributed by atoms with van der Waals surface area (Å²) in [5, 5.41) is 10.8. The molecule has 28 heavy (non-hydrogen) atoms. The number of methoxy groups -OCH3 is 1. The summed E-state index contributed by atoms with van der Waals surface area (Å²) in [4.78, 5) is 35.1. The van der Waals surface area contributed by atoms with Gasteiger partial charge < -0.3 is 14.7 Å². The van der Waals surface area contributed by atoms with E-state index >= 15 is 0 Å². The molecule has 2 rings (SSSR count). The molecule has 0 saturated heterocycles. The van der Waals surface area contributed by atoms with Crippen molar-refractivity contribution in [3.05, 3.63) is 40.9 Å². The van der Waals surface area contributed by atoms with E-state index in [0.29, 0.717) is 5.39 Å². The average Bonchev–Trinajstić information content (AvgIpc) is 2.66. The van der Waals surface area contributed by atoms with E-state index in [4.69, 9.17) is 26.0 Å². The van der Waals surface area contributed by atoms with Crippen molar-refractivity contribution < 1.29 is 28.8 Å². The van der Waals surface area contributed by atoms with E-state index in [9.17, 15) is 14.5 Å². The molecule has 9 heteroatoms. The van der Waals surface area contributed by atoms with Gasteiger partial charge in [0.1, 0.15) is 0 Å². The number of carboxylic acids is 1. The number of esters is 1. The van der Waals surface area contributed by atoms with Crippen LogP contribution in [0.15, 0.2) is 35.1 Å². The molecule has 150 valence electrons. The first-order valence-electron chi connectivity index (χ1n) is 8.54. The first kappa shape index (κ1) is 22.1. The quantitative estimate of drug-likeness (QED) is 0.528. The molecule has 0 saturated carbocycles. The molecule has 0 aliphatic carbocycles. The third-order valence-electron chi connectivity index (χ3n) is 4.28. The molecular formula is C19H21ClNO6P. The lowest BCUT2D eigenvalue weighted by molar-refractivity contribution is -0.169. The van der Waals surface area contributed by atoms with Crippen LogP contribution in [-0.2, 0) is 14.3 Å². The fourth-order valence-electron chi connectivity index (χ4n) is 2.62. The second-order valence-electron chi connectivity index (χ2n) is 6.57. The number of halogens is 1. The zero-order valence-corrected chi connectivity index (χ0v) is 17.5. The van der Waals surface area contributed by atoms with Crippen molar-refractivity contribution in [1.82, 2.24) is 0 Å². The van der Waals surface area contributed by atoms with E-state index in [1.54, 1.807) is 39.0 Å². The maximum atomic E-state index is 12.2. The van der Waals surface area contributed by atoms with Gasteiger partial charge >= 0.3 is 20.1 Å². The molecule has 2 aromatic rings. The normalized spacial score (nSPS) is 14.0. The van der Waals surface area contributed by atoms with Crippen LogP contribution in [0.5, 0.6) is 5.75 Å². The second kappa shape index (κ2) is 9.32. The van der Waals surface area contributed by atoms with Crippen LogP contribution in [0.4, 0.5) is 0 Å². The predicted octanol–water partition coefficient (Wildman–Crippen LogP) is 4.11. The maximum Gasteiger partial charge on any atom is 0.395 e. The Bertz CT molecular complexity index is 930. The number of aliphatic carboxylic acids is 1. The minimum absolute atomic E-state index is 0.140. The molecule has 0 spiro atoms. The molecule has 3 atom stereocenters. The van der Waals surface area contributed by atoms with Gasteiger partial charge in [0.25, 0.3) is 0 Å². The molecule has 0 radical (unpaired) electrons. The Morgan fingerprint density at radius 3 is 2.46 bits per heavy atom. The van der Waals surface area contributed by atoms with Gasteiger partial charge in [-0.3, -0.25) is 9.32 Å². The fourth-order valence-corrected chi connectivity index (χ4v) is 3.88. The fraction of sp³-hybridized carbons (Fsp3) is 0.368. The van der Waals surface area contributed by atoms with Crippen LogP contribution < -0.4 is 9.42 Å². The second-order valence-corrected chi connectivity index (χ2v) is 7.84. The van der Waals surface area contributed by atoms with Crippen LogP contribution >= 0.6 is 19.8 Å². The summed E-state index contributed by atoms with van der Waals surface area (Å²) in [7, 11) is -1.28. The van der Waals surface area contributed by atoms with Crippen LogP contribution in [0.25, 0.3) is 10.8 Å². The molecule has 0 aliphatic heterocycles. The smallest absolute Gasteiger partial charge is 0.395 e. The van der Waals surface area contributed by atoms with Crippen molar-refractivity contribution in [2.24, 2.45) is 10.7 Å². The lowest BCUT2D eigenvalue weighted by atomic mass is 9.98. The van der Waals surface area contributed by atoms with E-state index in [1.807, 2.05) is 6.07 Å². The van der Waals surface area contributed by atoms with Gasteiger partial charge in [-0.15, -0.1) is 0 Å². The number of hydrogen-bond donors (Lipinski definition) is 1. The van der Waals surface area contributed by atoms with Gasteiger partial charge in [0.15, 0.2) is 6.04 Å². The zero-order valence-electron chi connectivity index (χ0n) is 15.9. The van der Waals surface area contributed by atoms with Crippen molar-refractivity contribution in [1.29, 1.82) is 0 Å². The Balaban J connectivity index is 2.34. The highest BCUT2D eigenvalue weighted by atomic mass is 35.5. The Morgan fingerprint density at radius 2 is 1.89 bits per heavy atom. The van der Waals surface area contributed by atoms with Gasteiger partial charge in [0.05, 0.1) is 18.1 Å². The minimum Gasteiger partial charge on any atom is -0.575 e. The Labute approximate surface area is 168 Å². The molecule has 0 heterocycles. The number of rotatable bonds is 7. The standard InChI is InChI=1S/C19H21ClNO6P/c1-10(2)17(18(22)23)21-28(25)27-15-8-6-13-9-12(11(3)19(24)26-4)5-7-14(13)16(15)20/h5-11,17H,1-4H3,(H,22,23)/t11-,17?/m0/s1. The summed E-state index contributed by atoms with van der Waals surface area (Å²) in [5.74, 6) is -2.13. The lowest BCUT2D eigenvalue weighted by Gasteiger charge is -2.12. The van der Waals surface area contributed by atoms with Crippen LogP contribution in [-0.4, -0.2) is 30.2 Å².